The zero-order valence-electron chi connectivity index (χ0n) is 15.3. The van der Waals surface area contributed by atoms with Crippen molar-refractivity contribution in [3.63, 3.8) is 0 Å². The summed E-state index contributed by atoms with van der Waals surface area (Å²) in [6, 6.07) is 14.5. The summed E-state index contributed by atoms with van der Waals surface area (Å²) >= 11 is 0. The van der Waals surface area contributed by atoms with Gasteiger partial charge in [0.1, 0.15) is 0 Å². The SMILES string of the molecule is O=C(CC(c1ccccc1[N+](=O)[O-])c1c[nH]c2ccccc12)N1CCOCC1. The van der Waals surface area contributed by atoms with Crippen molar-refractivity contribution in [2.45, 2.75) is 12.3 Å². The fourth-order valence-corrected chi connectivity index (χ4v) is 3.83. The molecule has 144 valence electrons. The Morgan fingerprint density at radius 3 is 2.61 bits per heavy atom. The smallest absolute Gasteiger partial charge is 0.273 e. The first kappa shape index (κ1) is 18.2. The number of nitrogens with one attached hydrogen (secondary N) is 1. The van der Waals surface area contributed by atoms with Gasteiger partial charge in [0.2, 0.25) is 5.91 Å². The highest BCUT2D eigenvalue weighted by Crippen LogP contribution is 2.38. The van der Waals surface area contributed by atoms with Crippen LogP contribution in [-0.2, 0) is 9.53 Å². The van der Waals surface area contributed by atoms with Crippen molar-refractivity contribution in [3.05, 3.63) is 76.0 Å². The minimum absolute atomic E-state index is 0.0169. The summed E-state index contributed by atoms with van der Waals surface area (Å²) in [5, 5.41) is 12.6. The maximum atomic E-state index is 13.0. The minimum atomic E-state index is -0.409. The molecule has 1 fully saturated rings. The van der Waals surface area contributed by atoms with Gasteiger partial charge in [0.15, 0.2) is 0 Å². The highest BCUT2D eigenvalue weighted by Gasteiger charge is 2.29. The average molecular weight is 379 g/mol. The number of aromatic nitrogens is 1. The number of hydrogen-bond acceptors (Lipinski definition) is 4. The van der Waals surface area contributed by atoms with Gasteiger partial charge in [-0.25, -0.2) is 0 Å². The van der Waals surface area contributed by atoms with Crippen LogP contribution in [0.25, 0.3) is 10.9 Å². The van der Waals surface area contributed by atoms with Crippen LogP contribution in [-0.4, -0.2) is 47.0 Å². The Balaban J connectivity index is 1.77. The molecule has 7 heteroatoms. The number of benzene rings is 2. The number of morpholine rings is 1. The Morgan fingerprint density at radius 1 is 1.11 bits per heavy atom. The molecule has 7 nitrogen and oxygen atoms in total. The summed E-state index contributed by atoms with van der Waals surface area (Å²) in [6.45, 7) is 2.15. The number of nitro groups is 1. The molecule has 2 heterocycles. The molecule has 1 saturated heterocycles. The molecule has 1 atom stereocenters. The lowest BCUT2D eigenvalue weighted by molar-refractivity contribution is -0.385. The van der Waals surface area contributed by atoms with Crippen molar-refractivity contribution in [2.75, 3.05) is 26.3 Å². The Labute approximate surface area is 162 Å². The van der Waals surface area contributed by atoms with Gasteiger partial charge in [-0.3, -0.25) is 14.9 Å². The van der Waals surface area contributed by atoms with Crippen LogP contribution in [0.5, 0.6) is 0 Å². The third kappa shape index (κ3) is 3.48. The Bertz CT molecular complexity index is 1010. The van der Waals surface area contributed by atoms with Gasteiger partial charge in [-0.2, -0.15) is 0 Å². The molecule has 1 N–H and O–H groups in total. The van der Waals surface area contributed by atoms with E-state index >= 15 is 0 Å². The maximum absolute atomic E-state index is 13.0. The van der Waals surface area contributed by atoms with Gasteiger partial charge in [-0.15, -0.1) is 0 Å². The average Bonchev–Trinajstić information content (AvgIpc) is 3.16. The van der Waals surface area contributed by atoms with Gasteiger partial charge in [0.05, 0.1) is 18.1 Å². The van der Waals surface area contributed by atoms with Crippen molar-refractivity contribution < 1.29 is 14.5 Å². The number of amides is 1. The third-order valence-electron chi connectivity index (χ3n) is 5.25. The number of H-pyrrole nitrogens is 1. The van der Waals surface area contributed by atoms with Gasteiger partial charge in [-0.05, 0) is 11.6 Å². The van der Waals surface area contributed by atoms with Gasteiger partial charge in [0.25, 0.3) is 5.69 Å². The number of carbonyl (C=O) groups is 1. The summed E-state index contributed by atoms with van der Waals surface area (Å²) < 4.78 is 5.33. The van der Waals surface area contributed by atoms with Crippen LogP contribution in [0.4, 0.5) is 5.69 Å². The molecule has 1 aliphatic heterocycles. The Kier molecular flexibility index (Phi) is 5.08. The third-order valence-corrected chi connectivity index (χ3v) is 5.25. The molecule has 0 radical (unpaired) electrons. The Morgan fingerprint density at radius 2 is 1.82 bits per heavy atom. The molecule has 0 spiro atoms. The Hall–Kier alpha value is -3.19. The van der Waals surface area contributed by atoms with Crippen molar-refractivity contribution in [3.8, 4) is 0 Å². The van der Waals surface area contributed by atoms with E-state index in [0.29, 0.717) is 31.9 Å². The van der Waals surface area contributed by atoms with E-state index in [2.05, 4.69) is 4.98 Å². The number of nitrogens with zero attached hydrogens (tertiary/aromatic N) is 2. The normalized spacial score (nSPS) is 15.5. The number of nitro benzene ring substituents is 1. The minimum Gasteiger partial charge on any atom is -0.378 e. The maximum Gasteiger partial charge on any atom is 0.273 e. The monoisotopic (exact) mass is 379 g/mol. The summed E-state index contributed by atoms with van der Waals surface area (Å²) in [5.74, 6) is -0.426. The lowest BCUT2D eigenvalue weighted by Gasteiger charge is -2.28. The second-order valence-electron chi connectivity index (χ2n) is 6.86. The first-order valence-corrected chi connectivity index (χ1v) is 9.30. The van der Waals surface area contributed by atoms with Crippen LogP contribution in [0.3, 0.4) is 0 Å². The van der Waals surface area contributed by atoms with E-state index in [-0.39, 0.29) is 22.9 Å². The molecule has 0 saturated carbocycles. The molecule has 0 bridgehead atoms. The number of carbonyl (C=O) groups excluding carboxylic acids is 1. The van der Waals surface area contributed by atoms with Gasteiger partial charge < -0.3 is 14.6 Å². The lowest BCUT2D eigenvalue weighted by Crippen LogP contribution is -2.41. The lowest BCUT2D eigenvalue weighted by atomic mass is 9.86. The van der Waals surface area contributed by atoms with Gasteiger partial charge >= 0.3 is 0 Å². The van der Waals surface area contributed by atoms with E-state index < -0.39 is 5.92 Å². The zero-order valence-corrected chi connectivity index (χ0v) is 15.3. The molecule has 1 aliphatic rings. The van der Waals surface area contributed by atoms with E-state index in [9.17, 15) is 14.9 Å². The van der Waals surface area contributed by atoms with E-state index in [4.69, 9.17) is 4.74 Å². The molecular formula is C21H21N3O4. The molecule has 1 unspecified atom stereocenters. The van der Waals surface area contributed by atoms with Crippen molar-refractivity contribution >= 4 is 22.5 Å². The van der Waals surface area contributed by atoms with Crippen LogP contribution in [0, 0.1) is 10.1 Å². The standard InChI is InChI=1S/C21H21N3O4/c25-21(23-9-11-28-12-10-23)13-17(16-6-2-4-8-20(16)24(26)27)18-14-22-19-7-3-1-5-15(18)19/h1-8,14,17,22H,9-13H2. The number of ether oxygens (including phenoxy) is 1. The van der Waals surface area contributed by atoms with Crippen molar-refractivity contribution in [1.29, 1.82) is 0 Å². The molecule has 3 aromatic rings. The summed E-state index contributed by atoms with van der Waals surface area (Å²) in [7, 11) is 0. The fourth-order valence-electron chi connectivity index (χ4n) is 3.83. The second-order valence-corrected chi connectivity index (χ2v) is 6.86. The van der Waals surface area contributed by atoms with Gasteiger partial charge in [-0.1, -0.05) is 36.4 Å². The molecule has 0 aliphatic carbocycles. The van der Waals surface area contributed by atoms with Crippen LogP contribution in [0.15, 0.2) is 54.7 Å². The first-order valence-electron chi connectivity index (χ1n) is 9.30. The number of para-hydroxylation sites is 2. The molecule has 28 heavy (non-hydrogen) atoms. The molecule has 2 aromatic carbocycles. The number of aromatic amines is 1. The van der Waals surface area contributed by atoms with Crippen molar-refractivity contribution in [2.24, 2.45) is 0 Å². The van der Waals surface area contributed by atoms with E-state index in [1.807, 2.05) is 30.5 Å². The van der Waals surface area contributed by atoms with E-state index in [1.165, 1.54) is 6.07 Å². The molecule has 1 aromatic heterocycles. The fraction of sp³-hybridized carbons (Fsp3) is 0.286. The number of hydrogen-bond donors (Lipinski definition) is 1. The highest BCUT2D eigenvalue weighted by molar-refractivity contribution is 5.86. The molecule has 4 rings (SSSR count). The van der Waals surface area contributed by atoms with Gasteiger partial charge in [0, 0.05) is 54.2 Å². The number of fused-ring (bicyclic) bond motifs is 1. The summed E-state index contributed by atoms with van der Waals surface area (Å²) in [4.78, 5) is 29.2. The van der Waals surface area contributed by atoms with Crippen molar-refractivity contribution in [1.82, 2.24) is 9.88 Å². The summed E-state index contributed by atoms with van der Waals surface area (Å²) in [6.07, 6.45) is 2.03. The predicted molar refractivity (Wildman–Crippen MR) is 105 cm³/mol. The number of rotatable bonds is 5. The van der Waals surface area contributed by atoms with E-state index in [0.717, 1.165) is 16.5 Å². The highest BCUT2D eigenvalue weighted by atomic mass is 16.6. The topological polar surface area (TPSA) is 88.5 Å². The van der Waals surface area contributed by atoms with Crippen LogP contribution < -0.4 is 0 Å². The predicted octanol–water partition coefficient (Wildman–Crippen LogP) is 3.46. The molecular weight excluding hydrogens is 358 g/mol. The van der Waals surface area contributed by atoms with Crippen LogP contribution in [0.1, 0.15) is 23.5 Å². The second kappa shape index (κ2) is 7.82. The largest absolute Gasteiger partial charge is 0.378 e. The van der Waals surface area contributed by atoms with Crippen LogP contribution in [0.2, 0.25) is 0 Å². The first-order chi connectivity index (χ1) is 13.6. The summed E-state index contributed by atoms with van der Waals surface area (Å²) in [5.41, 5.74) is 2.43. The molecule has 1 amide bonds. The zero-order chi connectivity index (χ0) is 19.5. The quantitative estimate of drug-likeness (QED) is 0.543. The van der Waals surface area contributed by atoms with Crippen LogP contribution >= 0.6 is 0 Å². The van der Waals surface area contributed by atoms with E-state index in [1.54, 1.807) is 23.1 Å².